The van der Waals surface area contributed by atoms with Crippen LogP contribution in [0.3, 0.4) is 0 Å². The highest BCUT2D eigenvalue weighted by atomic mass is 32.1. The number of anilines is 1. The number of hydrogen-bond donors (Lipinski definition) is 1. The van der Waals surface area contributed by atoms with Gasteiger partial charge in [-0.1, -0.05) is 12.1 Å². The molecule has 29 heavy (non-hydrogen) atoms. The zero-order chi connectivity index (χ0) is 20.2. The molecule has 4 rings (SSSR count). The summed E-state index contributed by atoms with van der Waals surface area (Å²) in [5.41, 5.74) is 3.59. The number of rotatable bonds is 5. The van der Waals surface area contributed by atoms with Gasteiger partial charge in [0.15, 0.2) is 0 Å². The van der Waals surface area contributed by atoms with E-state index in [9.17, 15) is 14.9 Å². The molecule has 0 unspecified atom stereocenters. The number of amides is 1. The third-order valence-corrected chi connectivity index (χ3v) is 5.08. The summed E-state index contributed by atoms with van der Waals surface area (Å²) in [7, 11) is 0. The van der Waals surface area contributed by atoms with E-state index in [1.807, 2.05) is 35.7 Å². The number of nitro groups is 1. The molecule has 1 amide bonds. The second-order valence-electron chi connectivity index (χ2n) is 6.11. The van der Waals surface area contributed by atoms with Crippen LogP contribution in [-0.2, 0) is 0 Å². The monoisotopic (exact) mass is 402 g/mol. The van der Waals surface area contributed by atoms with Crippen molar-refractivity contribution in [1.29, 1.82) is 0 Å². The molecule has 8 heteroatoms. The highest BCUT2D eigenvalue weighted by Gasteiger charge is 2.11. The molecule has 0 saturated carbocycles. The van der Waals surface area contributed by atoms with Crippen LogP contribution in [-0.4, -0.2) is 20.8 Å². The standard InChI is InChI=1S/C21H14N4O3S/c26-20(14-4-6-18(7-5-14)25(27)28)23-17-3-1-2-16(12-17)19-13-29-21(24-19)15-8-10-22-11-9-15/h1-13H,(H,23,26). The molecule has 0 fully saturated rings. The molecule has 0 saturated heterocycles. The molecule has 0 bridgehead atoms. The minimum atomic E-state index is -0.501. The number of hydrogen-bond acceptors (Lipinski definition) is 6. The van der Waals surface area contributed by atoms with Crippen LogP contribution in [0, 0.1) is 10.1 Å². The SMILES string of the molecule is O=C(Nc1cccc(-c2csc(-c3ccncc3)n2)c1)c1ccc([N+](=O)[O-])cc1. The fraction of sp³-hybridized carbons (Fsp3) is 0. The highest BCUT2D eigenvalue weighted by molar-refractivity contribution is 7.13. The first-order valence-corrected chi connectivity index (χ1v) is 9.50. The summed E-state index contributed by atoms with van der Waals surface area (Å²) >= 11 is 1.54. The van der Waals surface area contributed by atoms with Crippen molar-refractivity contribution >= 4 is 28.6 Å². The van der Waals surface area contributed by atoms with Gasteiger partial charge in [-0.2, -0.15) is 0 Å². The molecule has 2 heterocycles. The second kappa shape index (κ2) is 7.99. The summed E-state index contributed by atoms with van der Waals surface area (Å²) in [6.07, 6.45) is 3.45. The molecule has 4 aromatic rings. The highest BCUT2D eigenvalue weighted by Crippen LogP contribution is 2.29. The molecule has 0 aliphatic carbocycles. The number of carbonyl (C=O) groups is 1. The molecule has 0 aliphatic rings. The van der Waals surface area contributed by atoms with Crippen LogP contribution in [0.1, 0.15) is 10.4 Å². The van der Waals surface area contributed by atoms with Crippen molar-refractivity contribution in [2.24, 2.45) is 0 Å². The van der Waals surface area contributed by atoms with Gasteiger partial charge in [-0.05, 0) is 36.4 Å². The van der Waals surface area contributed by atoms with E-state index in [0.717, 1.165) is 21.8 Å². The molecule has 7 nitrogen and oxygen atoms in total. The smallest absolute Gasteiger partial charge is 0.269 e. The van der Waals surface area contributed by atoms with E-state index in [0.29, 0.717) is 11.3 Å². The van der Waals surface area contributed by atoms with E-state index in [-0.39, 0.29) is 11.6 Å². The Morgan fingerprint density at radius 1 is 1.00 bits per heavy atom. The Hall–Kier alpha value is -3.91. The van der Waals surface area contributed by atoms with Gasteiger partial charge < -0.3 is 5.32 Å². The first-order chi connectivity index (χ1) is 14.1. The van der Waals surface area contributed by atoms with Crippen LogP contribution in [0.25, 0.3) is 21.8 Å². The van der Waals surface area contributed by atoms with Crippen LogP contribution >= 0.6 is 11.3 Å². The Balaban J connectivity index is 1.52. The van der Waals surface area contributed by atoms with E-state index in [2.05, 4.69) is 15.3 Å². The number of aromatic nitrogens is 2. The van der Waals surface area contributed by atoms with Crippen LogP contribution in [0.2, 0.25) is 0 Å². The first-order valence-electron chi connectivity index (χ1n) is 8.62. The summed E-state index contributed by atoms with van der Waals surface area (Å²) in [4.78, 5) is 31.4. The van der Waals surface area contributed by atoms with Gasteiger partial charge in [-0.25, -0.2) is 4.98 Å². The molecule has 0 atom stereocenters. The van der Waals surface area contributed by atoms with E-state index >= 15 is 0 Å². The number of pyridine rings is 1. The van der Waals surface area contributed by atoms with Crippen molar-refractivity contribution in [1.82, 2.24) is 9.97 Å². The Bertz CT molecular complexity index is 1170. The van der Waals surface area contributed by atoms with Gasteiger partial charge in [0, 0.05) is 52.3 Å². The predicted molar refractivity (Wildman–Crippen MR) is 112 cm³/mol. The molecule has 0 aliphatic heterocycles. The van der Waals surface area contributed by atoms with Crippen LogP contribution in [0.15, 0.2) is 78.4 Å². The predicted octanol–water partition coefficient (Wildman–Crippen LogP) is 5.03. The Labute approximate surface area is 169 Å². The van der Waals surface area contributed by atoms with Crippen molar-refractivity contribution in [3.05, 3.63) is 94.1 Å². The van der Waals surface area contributed by atoms with Crippen molar-refractivity contribution < 1.29 is 9.72 Å². The maximum atomic E-state index is 12.4. The molecule has 0 spiro atoms. The van der Waals surface area contributed by atoms with Crippen molar-refractivity contribution in [3.8, 4) is 21.8 Å². The third kappa shape index (κ3) is 4.17. The maximum Gasteiger partial charge on any atom is 0.269 e. The van der Waals surface area contributed by atoms with Crippen LogP contribution in [0.4, 0.5) is 11.4 Å². The van der Waals surface area contributed by atoms with Crippen molar-refractivity contribution in [2.75, 3.05) is 5.32 Å². The average Bonchev–Trinajstić information content (AvgIpc) is 3.25. The molecule has 1 N–H and O–H groups in total. The van der Waals surface area contributed by atoms with Crippen LogP contribution in [0.5, 0.6) is 0 Å². The van der Waals surface area contributed by atoms with Gasteiger partial charge in [0.1, 0.15) is 5.01 Å². The molecule has 2 aromatic carbocycles. The van der Waals surface area contributed by atoms with Gasteiger partial charge in [0.05, 0.1) is 10.6 Å². The minimum Gasteiger partial charge on any atom is -0.322 e. The minimum absolute atomic E-state index is 0.0583. The quantitative estimate of drug-likeness (QED) is 0.373. The van der Waals surface area contributed by atoms with Crippen molar-refractivity contribution in [2.45, 2.75) is 0 Å². The van der Waals surface area contributed by atoms with Crippen molar-refractivity contribution in [3.63, 3.8) is 0 Å². The molecule has 0 radical (unpaired) electrons. The molecule has 142 valence electrons. The van der Waals surface area contributed by atoms with E-state index in [1.54, 1.807) is 18.5 Å². The Kier molecular flexibility index (Phi) is 5.08. The van der Waals surface area contributed by atoms with E-state index in [1.165, 1.54) is 35.6 Å². The zero-order valence-corrected chi connectivity index (χ0v) is 15.8. The topological polar surface area (TPSA) is 98.0 Å². The molecular weight excluding hydrogens is 388 g/mol. The number of carbonyl (C=O) groups excluding carboxylic acids is 1. The van der Waals surface area contributed by atoms with E-state index < -0.39 is 4.92 Å². The van der Waals surface area contributed by atoms with E-state index in [4.69, 9.17) is 0 Å². The largest absolute Gasteiger partial charge is 0.322 e. The lowest BCUT2D eigenvalue weighted by molar-refractivity contribution is -0.384. The number of nitrogens with zero attached hydrogens (tertiary/aromatic N) is 3. The average molecular weight is 402 g/mol. The fourth-order valence-electron chi connectivity index (χ4n) is 2.73. The lowest BCUT2D eigenvalue weighted by Crippen LogP contribution is -2.11. The number of nitro benzene ring substituents is 1. The number of thiazole rings is 1. The summed E-state index contributed by atoms with van der Waals surface area (Å²) in [5.74, 6) is -0.340. The lowest BCUT2D eigenvalue weighted by Gasteiger charge is -2.07. The summed E-state index contributed by atoms with van der Waals surface area (Å²) in [6.45, 7) is 0. The van der Waals surface area contributed by atoms with Gasteiger partial charge in [0.2, 0.25) is 0 Å². The molecule has 2 aromatic heterocycles. The summed E-state index contributed by atoms with van der Waals surface area (Å²) in [5, 5.41) is 16.4. The van der Waals surface area contributed by atoms with Crippen LogP contribution < -0.4 is 5.32 Å². The zero-order valence-electron chi connectivity index (χ0n) is 15.0. The molecular formula is C21H14N4O3S. The Morgan fingerprint density at radius 2 is 1.76 bits per heavy atom. The number of non-ortho nitro benzene ring substituents is 1. The van der Waals surface area contributed by atoms with Gasteiger partial charge in [-0.15, -0.1) is 11.3 Å². The Morgan fingerprint density at radius 3 is 2.48 bits per heavy atom. The number of nitrogens with one attached hydrogen (secondary N) is 1. The summed E-state index contributed by atoms with van der Waals surface area (Å²) < 4.78 is 0. The fourth-order valence-corrected chi connectivity index (χ4v) is 3.56. The lowest BCUT2D eigenvalue weighted by atomic mass is 10.1. The summed E-state index contributed by atoms with van der Waals surface area (Å²) in [6, 6.07) is 16.7. The third-order valence-electron chi connectivity index (χ3n) is 4.19. The first kappa shape index (κ1) is 18.5. The second-order valence-corrected chi connectivity index (χ2v) is 6.97. The normalized spacial score (nSPS) is 10.5. The van der Waals surface area contributed by atoms with Gasteiger partial charge >= 0.3 is 0 Å². The number of benzene rings is 2. The van der Waals surface area contributed by atoms with Gasteiger partial charge in [-0.3, -0.25) is 19.9 Å². The van der Waals surface area contributed by atoms with Gasteiger partial charge in [0.25, 0.3) is 11.6 Å². The maximum absolute atomic E-state index is 12.4.